The van der Waals surface area contributed by atoms with Gasteiger partial charge >= 0.3 is 0 Å². The quantitative estimate of drug-likeness (QED) is 0.512. The maximum atomic E-state index is 12.4. The van der Waals surface area contributed by atoms with Gasteiger partial charge in [-0.2, -0.15) is 5.10 Å². The van der Waals surface area contributed by atoms with Gasteiger partial charge in [-0.15, -0.1) is 11.8 Å². The van der Waals surface area contributed by atoms with Gasteiger partial charge in [0.15, 0.2) is 0 Å². The van der Waals surface area contributed by atoms with Crippen molar-refractivity contribution in [3.05, 3.63) is 66.4 Å². The Morgan fingerprint density at radius 1 is 1.15 bits per heavy atom. The van der Waals surface area contributed by atoms with Crippen molar-refractivity contribution in [1.82, 2.24) is 15.1 Å². The summed E-state index contributed by atoms with van der Waals surface area (Å²) in [5.74, 6) is 1.49. The van der Waals surface area contributed by atoms with Crippen molar-refractivity contribution in [3.8, 4) is 17.0 Å². The summed E-state index contributed by atoms with van der Waals surface area (Å²) >= 11 is 1.72. The molecule has 0 aliphatic heterocycles. The minimum Gasteiger partial charge on any atom is -0.497 e. The molecule has 1 amide bonds. The summed E-state index contributed by atoms with van der Waals surface area (Å²) in [6, 6.07) is 19.6. The number of hydrogen-bond acceptors (Lipinski definition) is 4. The summed E-state index contributed by atoms with van der Waals surface area (Å²) in [6.07, 6.45) is 0. The molecule has 134 valence electrons. The lowest BCUT2D eigenvalue weighted by Crippen LogP contribution is -2.27. The SMILES string of the molecule is COc1ccc(-c2cc(C(=O)NCCSc3ccccc3)n(C)n2)cc1. The maximum Gasteiger partial charge on any atom is 0.269 e. The fourth-order valence-electron chi connectivity index (χ4n) is 2.52. The summed E-state index contributed by atoms with van der Waals surface area (Å²) in [7, 11) is 3.41. The average molecular weight is 367 g/mol. The topological polar surface area (TPSA) is 56.1 Å². The van der Waals surface area contributed by atoms with Crippen molar-refractivity contribution in [1.29, 1.82) is 0 Å². The van der Waals surface area contributed by atoms with E-state index in [0.717, 1.165) is 22.8 Å². The van der Waals surface area contributed by atoms with Crippen molar-refractivity contribution in [2.24, 2.45) is 7.05 Å². The van der Waals surface area contributed by atoms with Crippen molar-refractivity contribution in [3.63, 3.8) is 0 Å². The first-order valence-electron chi connectivity index (χ1n) is 8.32. The van der Waals surface area contributed by atoms with Crippen LogP contribution in [0, 0.1) is 0 Å². The fraction of sp³-hybridized carbons (Fsp3) is 0.200. The summed E-state index contributed by atoms with van der Waals surface area (Å²) < 4.78 is 6.78. The highest BCUT2D eigenvalue weighted by Crippen LogP contribution is 2.22. The average Bonchev–Trinajstić information content (AvgIpc) is 3.08. The Balaban J connectivity index is 1.58. The molecule has 3 rings (SSSR count). The first-order valence-corrected chi connectivity index (χ1v) is 9.30. The van der Waals surface area contributed by atoms with Gasteiger partial charge in [-0.05, 0) is 42.5 Å². The van der Waals surface area contributed by atoms with E-state index in [9.17, 15) is 4.79 Å². The van der Waals surface area contributed by atoms with Crippen LogP contribution in [0.1, 0.15) is 10.5 Å². The number of nitrogens with zero attached hydrogens (tertiary/aromatic N) is 2. The third-order valence-corrected chi connectivity index (χ3v) is 4.91. The van der Waals surface area contributed by atoms with Crippen LogP contribution < -0.4 is 10.1 Å². The first-order chi connectivity index (χ1) is 12.7. The molecule has 0 spiro atoms. The van der Waals surface area contributed by atoms with Crippen LogP contribution in [-0.4, -0.2) is 35.1 Å². The van der Waals surface area contributed by atoms with Crippen molar-refractivity contribution in [2.45, 2.75) is 4.90 Å². The van der Waals surface area contributed by atoms with Crippen LogP contribution in [0.25, 0.3) is 11.3 Å². The van der Waals surface area contributed by atoms with Gasteiger partial charge in [0, 0.05) is 29.8 Å². The number of aromatic nitrogens is 2. The minimum absolute atomic E-state index is 0.117. The zero-order valence-electron chi connectivity index (χ0n) is 14.8. The van der Waals surface area contributed by atoms with Gasteiger partial charge in [-0.1, -0.05) is 18.2 Å². The Labute approximate surface area is 157 Å². The Morgan fingerprint density at radius 3 is 2.58 bits per heavy atom. The highest BCUT2D eigenvalue weighted by atomic mass is 32.2. The van der Waals surface area contributed by atoms with Crippen LogP contribution in [0.15, 0.2) is 65.6 Å². The van der Waals surface area contributed by atoms with Crippen molar-refractivity contribution < 1.29 is 9.53 Å². The number of rotatable bonds is 7. The third-order valence-electron chi connectivity index (χ3n) is 3.90. The lowest BCUT2D eigenvalue weighted by atomic mass is 10.1. The van der Waals surface area contributed by atoms with E-state index in [0.29, 0.717) is 12.2 Å². The molecule has 0 bridgehead atoms. The number of benzene rings is 2. The minimum atomic E-state index is -0.117. The van der Waals surface area contributed by atoms with E-state index in [-0.39, 0.29) is 5.91 Å². The Hall–Kier alpha value is -2.73. The second-order valence-electron chi connectivity index (χ2n) is 5.68. The van der Waals surface area contributed by atoms with Crippen LogP contribution >= 0.6 is 11.8 Å². The molecule has 1 aromatic heterocycles. The maximum absolute atomic E-state index is 12.4. The molecule has 2 aromatic carbocycles. The van der Waals surface area contributed by atoms with Gasteiger partial charge in [0.2, 0.25) is 0 Å². The number of aryl methyl sites for hydroxylation is 1. The highest BCUT2D eigenvalue weighted by molar-refractivity contribution is 7.99. The van der Waals surface area contributed by atoms with Gasteiger partial charge in [-0.3, -0.25) is 9.48 Å². The first kappa shape index (κ1) is 18.1. The molecule has 0 saturated heterocycles. The molecule has 6 heteroatoms. The van der Waals surface area contributed by atoms with Crippen molar-refractivity contribution in [2.75, 3.05) is 19.4 Å². The number of hydrogen-bond donors (Lipinski definition) is 1. The van der Waals surface area contributed by atoms with Crippen LogP contribution in [0.3, 0.4) is 0 Å². The second kappa shape index (κ2) is 8.58. The van der Waals surface area contributed by atoms with Gasteiger partial charge in [0.05, 0.1) is 12.8 Å². The summed E-state index contributed by atoms with van der Waals surface area (Å²) in [5, 5.41) is 7.40. The second-order valence-corrected chi connectivity index (χ2v) is 6.85. The van der Waals surface area contributed by atoms with Gasteiger partial charge in [-0.25, -0.2) is 0 Å². The molecule has 0 unspecified atom stereocenters. The predicted molar refractivity (Wildman–Crippen MR) is 105 cm³/mol. The van der Waals surface area contributed by atoms with Crippen LogP contribution in [0.2, 0.25) is 0 Å². The molecule has 0 radical (unpaired) electrons. The molecule has 0 saturated carbocycles. The normalized spacial score (nSPS) is 10.5. The van der Waals surface area contributed by atoms with E-state index in [1.165, 1.54) is 4.90 Å². The van der Waals surface area contributed by atoms with E-state index in [4.69, 9.17) is 4.74 Å². The summed E-state index contributed by atoms with van der Waals surface area (Å²) in [5.41, 5.74) is 2.25. The van der Waals surface area contributed by atoms with Crippen LogP contribution in [-0.2, 0) is 7.05 Å². The number of carbonyl (C=O) groups excluding carboxylic acids is 1. The largest absolute Gasteiger partial charge is 0.497 e. The molecule has 0 fully saturated rings. The molecule has 5 nitrogen and oxygen atoms in total. The number of carbonyl (C=O) groups is 1. The molecule has 1 heterocycles. The smallest absolute Gasteiger partial charge is 0.269 e. The molecule has 0 aliphatic carbocycles. The monoisotopic (exact) mass is 367 g/mol. The number of thioether (sulfide) groups is 1. The predicted octanol–water partition coefficient (Wildman–Crippen LogP) is 3.62. The number of nitrogens with one attached hydrogen (secondary N) is 1. The molecule has 26 heavy (non-hydrogen) atoms. The highest BCUT2D eigenvalue weighted by Gasteiger charge is 2.14. The van der Waals surface area contributed by atoms with Gasteiger partial charge in [0.1, 0.15) is 11.4 Å². The number of methoxy groups -OCH3 is 1. The number of amides is 1. The molecular formula is C20H21N3O2S. The van der Waals surface area contributed by atoms with Gasteiger partial charge in [0.25, 0.3) is 5.91 Å². The summed E-state index contributed by atoms with van der Waals surface area (Å²) in [4.78, 5) is 13.6. The zero-order chi connectivity index (χ0) is 18.4. The van der Waals surface area contributed by atoms with Crippen LogP contribution in [0.5, 0.6) is 5.75 Å². The molecule has 3 aromatic rings. The Bertz CT molecular complexity index is 861. The lowest BCUT2D eigenvalue weighted by molar-refractivity contribution is 0.0947. The molecule has 0 aliphatic rings. The van der Waals surface area contributed by atoms with E-state index < -0.39 is 0 Å². The number of ether oxygens (including phenoxy) is 1. The van der Waals surface area contributed by atoms with Crippen molar-refractivity contribution >= 4 is 17.7 Å². The molecular weight excluding hydrogens is 346 g/mol. The molecule has 0 atom stereocenters. The molecule has 1 N–H and O–H groups in total. The van der Waals surface area contributed by atoms with Crippen LogP contribution in [0.4, 0.5) is 0 Å². The van der Waals surface area contributed by atoms with E-state index >= 15 is 0 Å². The third kappa shape index (κ3) is 4.46. The van der Waals surface area contributed by atoms with E-state index in [1.54, 1.807) is 30.6 Å². The standard InChI is InChI=1S/C20H21N3O2S/c1-23-19(14-18(22-23)15-8-10-16(25-2)11-9-15)20(24)21-12-13-26-17-6-4-3-5-7-17/h3-11,14H,12-13H2,1-2H3,(H,21,24). The zero-order valence-corrected chi connectivity index (χ0v) is 15.6. The Kier molecular flexibility index (Phi) is 5.96. The van der Waals surface area contributed by atoms with E-state index in [2.05, 4.69) is 22.5 Å². The van der Waals surface area contributed by atoms with E-state index in [1.807, 2.05) is 48.5 Å². The fourth-order valence-corrected chi connectivity index (χ4v) is 3.31. The summed E-state index contributed by atoms with van der Waals surface area (Å²) in [6.45, 7) is 0.599. The van der Waals surface area contributed by atoms with Gasteiger partial charge < -0.3 is 10.1 Å². The Morgan fingerprint density at radius 2 is 1.88 bits per heavy atom. The lowest BCUT2D eigenvalue weighted by Gasteiger charge is -2.05.